The van der Waals surface area contributed by atoms with Gasteiger partial charge in [-0.3, -0.25) is 4.90 Å². The van der Waals surface area contributed by atoms with E-state index in [0.29, 0.717) is 42.9 Å². The van der Waals surface area contributed by atoms with Crippen LogP contribution in [0.1, 0.15) is 5.56 Å². The van der Waals surface area contributed by atoms with Gasteiger partial charge in [0.15, 0.2) is 5.82 Å². The average molecular weight is 530 g/mol. The SMILES string of the molecule is CN1CCN(Cn2nc(-c3cc(Cl)cc(Cl)c3Cl)n(/N=C/c3ccc(Cl)cc3)c2=S)CC1. The summed E-state index contributed by atoms with van der Waals surface area (Å²) in [6.07, 6.45) is 1.69. The van der Waals surface area contributed by atoms with Crippen molar-refractivity contribution in [1.29, 1.82) is 0 Å². The lowest BCUT2D eigenvalue weighted by Gasteiger charge is -2.31. The summed E-state index contributed by atoms with van der Waals surface area (Å²) in [5, 5.41) is 11.1. The number of likely N-dealkylation sites (N-methyl/N-ethyl adjacent to an activating group) is 1. The van der Waals surface area contributed by atoms with Crippen LogP contribution in [-0.4, -0.2) is 63.7 Å². The molecule has 0 radical (unpaired) electrons. The second-order valence-corrected chi connectivity index (χ2v) is 9.55. The smallest absolute Gasteiger partial charge is 0.220 e. The van der Waals surface area contributed by atoms with Gasteiger partial charge >= 0.3 is 0 Å². The van der Waals surface area contributed by atoms with Crippen LogP contribution in [0, 0.1) is 4.77 Å². The van der Waals surface area contributed by atoms with Gasteiger partial charge in [0.2, 0.25) is 4.77 Å². The van der Waals surface area contributed by atoms with Gasteiger partial charge in [-0.2, -0.15) is 9.78 Å². The maximum absolute atomic E-state index is 6.51. The van der Waals surface area contributed by atoms with Crippen molar-refractivity contribution in [1.82, 2.24) is 24.3 Å². The number of nitrogens with zero attached hydrogens (tertiary/aromatic N) is 6. The molecule has 0 amide bonds. The minimum Gasteiger partial charge on any atom is -0.304 e. The Hall–Kier alpha value is -1.45. The molecule has 1 aliphatic rings. The van der Waals surface area contributed by atoms with E-state index in [1.165, 1.54) is 0 Å². The molecule has 32 heavy (non-hydrogen) atoms. The molecule has 6 nitrogen and oxygen atoms in total. The summed E-state index contributed by atoms with van der Waals surface area (Å²) in [6, 6.07) is 10.6. The van der Waals surface area contributed by atoms with Gasteiger partial charge in [-0.05, 0) is 49.1 Å². The van der Waals surface area contributed by atoms with Gasteiger partial charge in [0, 0.05) is 41.8 Å². The van der Waals surface area contributed by atoms with E-state index in [-0.39, 0.29) is 0 Å². The molecule has 1 aliphatic heterocycles. The molecule has 0 aliphatic carbocycles. The van der Waals surface area contributed by atoms with Crippen LogP contribution in [0.25, 0.3) is 11.4 Å². The minimum atomic E-state index is 0.335. The zero-order valence-electron chi connectivity index (χ0n) is 17.2. The van der Waals surface area contributed by atoms with Crippen molar-refractivity contribution in [2.24, 2.45) is 5.10 Å². The van der Waals surface area contributed by atoms with Crippen molar-refractivity contribution in [3.8, 4) is 11.4 Å². The van der Waals surface area contributed by atoms with Crippen molar-refractivity contribution in [3.05, 3.63) is 66.8 Å². The first-order chi connectivity index (χ1) is 15.3. The van der Waals surface area contributed by atoms with Crippen molar-refractivity contribution in [2.45, 2.75) is 6.67 Å². The van der Waals surface area contributed by atoms with Crippen molar-refractivity contribution in [3.63, 3.8) is 0 Å². The van der Waals surface area contributed by atoms with Gasteiger partial charge in [-0.1, -0.05) is 58.5 Å². The highest BCUT2D eigenvalue weighted by Crippen LogP contribution is 2.36. The third-order valence-corrected chi connectivity index (χ3v) is 6.83. The van der Waals surface area contributed by atoms with Crippen molar-refractivity contribution >= 4 is 64.8 Å². The molecule has 1 aromatic heterocycles. The number of rotatable bonds is 5. The monoisotopic (exact) mass is 528 g/mol. The molecule has 0 N–H and O–H groups in total. The fraction of sp³-hybridized carbons (Fsp3) is 0.286. The lowest BCUT2D eigenvalue weighted by Crippen LogP contribution is -2.45. The van der Waals surface area contributed by atoms with Crippen LogP contribution in [0.3, 0.4) is 0 Å². The van der Waals surface area contributed by atoms with Crippen LogP contribution in [0.2, 0.25) is 20.1 Å². The second-order valence-electron chi connectivity index (χ2n) is 7.53. The molecule has 0 unspecified atom stereocenters. The number of piperazine rings is 1. The van der Waals surface area contributed by atoms with Gasteiger partial charge in [0.1, 0.15) is 0 Å². The molecule has 0 atom stereocenters. The summed E-state index contributed by atoms with van der Waals surface area (Å²) in [6.45, 7) is 4.39. The molecule has 0 saturated carbocycles. The van der Waals surface area contributed by atoms with Gasteiger partial charge < -0.3 is 4.90 Å². The molecule has 0 bridgehead atoms. The van der Waals surface area contributed by atoms with E-state index in [0.717, 1.165) is 31.7 Å². The van der Waals surface area contributed by atoms with E-state index in [9.17, 15) is 0 Å². The normalized spacial score (nSPS) is 15.7. The summed E-state index contributed by atoms with van der Waals surface area (Å²) in [5.41, 5.74) is 1.42. The maximum Gasteiger partial charge on any atom is 0.220 e. The number of hydrogen-bond donors (Lipinski definition) is 0. The minimum absolute atomic E-state index is 0.335. The highest BCUT2D eigenvalue weighted by atomic mass is 35.5. The first kappa shape index (κ1) is 23.7. The van der Waals surface area contributed by atoms with E-state index >= 15 is 0 Å². The highest BCUT2D eigenvalue weighted by molar-refractivity contribution is 7.71. The molecular formula is C21H20Cl4N6S. The third kappa shape index (κ3) is 5.37. The van der Waals surface area contributed by atoms with Crippen molar-refractivity contribution < 1.29 is 0 Å². The third-order valence-electron chi connectivity index (χ3n) is 5.17. The molecule has 3 aromatic rings. The average Bonchev–Trinajstić information content (AvgIpc) is 3.07. The number of halogens is 4. The highest BCUT2D eigenvalue weighted by Gasteiger charge is 2.20. The Labute approximate surface area is 211 Å². The van der Waals surface area contributed by atoms with E-state index in [2.05, 4.69) is 21.9 Å². The molecule has 0 spiro atoms. The number of benzene rings is 2. The Balaban J connectivity index is 1.76. The van der Waals surface area contributed by atoms with Gasteiger partial charge in [0.25, 0.3) is 0 Å². The Bertz CT molecular complexity index is 1200. The number of aromatic nitrogens is 3. The Morgan fingerprint density at radius 2 is 1.69 bits per heavy atom. The largest absolute Gasteiger partial charge is 0.304 e. The summed E-state index contributed by atoms with van der Waals surface area (Å²) < 4.78 is 3.77. The van der Waals surface area contributed by atoms with Crippen LogP contribution < -0.4 is 0 Å². The van der Waals surface area contributed by atoms with E-state index in [1.807, 2.05) is 12.1 Å². The predicted molar refractivity (Wildman–Crippen MR) is 135 cm³/mol. The Kier molecular flexibility index (Phi) is 7.57. The molecule has 2 aromatic carbocycles. The summed E-state index contributed by atoms with van der Waals surface area (Å²) >= 11 is 30.7. The first-order valence-electron chi connectivity index (χ1n) is 9.87. The van der Waals surface area contributed by atoms with Crippen LogP contribution >= 0.6 is 58.6 Å². The zero-order valence-corrected chi connectivity index (χ0v) is 21.0. The fourth-order valence-corrected chi connectivity index (χ4v) is 4.38. The van der Waals surface area contributed by atoms with Gasteiger partial charge in [0.05, 0.1) is 22.9 Å². The number of hydrogen-bond acceptors (Lipinski definition) is 5. The van der Waals surface area contributed by atoms with Gasteiger partial charge in [-0.15, -0.1) is 5.10 Å². The topological polar surface area (TPSA) is 41.6 Å². The molecule has 4 rings (SSSR count). The quantitative estimate of drug-likeness (QED) is 0.238. The molecule has 2 heterocycles. The summed E-state index contributed by atoms with van der Waals surface area (Å²) in [4.78, 5) is 4.59. The summed E-state index contributed by atoms with van der Waals surface area (Å²) in [5.74, 6) is 0.462. The first-order valence-corrected chi connectivity index (χ1v) is 11.8. The van der Waals surface area contributed by atoms with Crippen molar-refractivity contribution in [2.75, 3.05) is 33.2 Å². The molecule has 1 saturated heterocycles. The maximum atomic E-state index is 6.51. The molecule has 168 valence electrons. The molecular weight excluding hydrogens is 510 g/mol. The van der Waals surface area contributed by atoms with E-state index < -0.39 is 0 Å². The lowest BCUT2D eigenvalue weighted by atomic mass is 10.2. The van der Waals surface area contributed by atoms with Crippen LogP contribution in [-0.2, 0) is 6.67 Å². The lowest BCUT2D eigenvalue weighted by molar-refractivity contribution is 0.119. The van der Waals surface area contributed by atoms with Crippen LogP contribution in [0.4, 0.5) is 0 Å². The Morgan fingerprint density at radius 3 is 2.38 bits per heavy atom. The summed E-state index contributed by atoms with van der Waals surface area (Å²) in [7, 11) is 2.12. The standard InChI is InChI=1S/C21H20Cl4N6S/c1-28-6-8-29(9-7-28)13-30-21(32)31(26-12-14-2-4-15(22)5-3-14)20(27-30)17-10-16(23)11-18(24)19(17)25/h2-5,10-12H,6-9,13H2,1H3/b26-12+. The fourth-order valence-electron chi connectivity index (χ4n) is 3.33. The second kappa shape index (κ2) is 10.2. The molecule has 11 heteroatoms. The Morgan fingerprint density at radius 1 is 1.00 bits per heavy atom. The molecule has 1 fully saturated rings. The van der Waals surface area contributed by atoms with E-state index in [1.54, 1.807) is 39.8 Å². The van der Waals surface area contributed by atoms with Crippen LogP contribution in [0.15, 0.2) is 41.5 Å². The van der Waals surface area contributed by atoms with Gasteiger partial charge in [-0.25, -0.2) is 4.68 Å². The predicted octanol–water partition coefficient (Wildman–Crippen LogP) is 5.78. The zero-order chi connectivity index (χ0) is 22.8. The van der Waals surface area contributed by atoms with Crippen LogP contribution in [0.5, 0.6) is 0 Å². The van der Waals surface area contributed by atoms with E-state index in [4.69, 9.17) is 63.7 Å².